The molecule has 0 saturated heterocycles. The molecular weight excluding hydrogens is 286 g/mol. The molecule has 1 aromatic heterocycles. The van der Waals surface area contributed by atoms with Gasteiger partial charge in [0.25, 0.3) is 0 Å². The third-order valence-electron chi connectivity index (χ3n) is 2.79. The van der Waals surface area contributed by atoms with Gasteiger partial charge in [-0.1, -0.05) is 24.8 Å². The monoisotopic (exact) mass is 303 g/mol. The summed E-state index contributed by atoms with van der Waals surface area (Å²) in [5.74, 6) is 8.23. The second-order valence-corrected chi connectivity index (χ2v) is 4.83. The van der Waals surface area contributed by atoms with Gasteiger partial charge in [-0.3, -0.25) is 0 Å². The van der Waals surface area contributed by atoms with Crippen molar-refractivity contribution in [2.45, 2.75) is 32.9 Å². The maximum absolute atomic E-state index is 5.77. The van der Waals surface area contributed by atoms with Crippen LogP contribution < -0.4 is 4.74 Å². The lowest BCUT2D eigenvalue weighted by Gasteiger charge is -2.07. The van der Waals surface area contributed by atoms with E-state index >= 15 is 0 Å². The zero-order valence-corrected chi connectivity index (χ0v) is 12.8. The van der Waals surface area contributed by atoms with E-state index in [1.807, 2.05) is 28.9 Å². The topological polar surface area (TPSA) is 39.9 Å². The molecule has 0 saturated carbocycles. The molecule has 110 valence electrons. The minimum atomic E-state index is 0.401. The Hall–Kier alpha value is -1.99. The first kappa shape index (κ1) is 15.4. The molecular formula is C16H18ClN3O. The zero-order valence-electron chi connectivity index (χ0n) is 12.1. The molecule has 0 unspecified atom stereocenters. The van der Waals surface area contributed by atoms with Gasteiger partial charge in [-0.2, -0.15) is 5.10 Å². The Morgan fingerprint density at radius 2 is 2.29 bits per heavy atom. The van der Waals surface area contributed by atoms with Crippen molar-refractivity contribution in [3.05, 3.63) is 42.0 Å². The van der Waals surface area contributed by atoms with Gasteiger partial charge < -0.3 is 4.74 Å². The quantitative estimate of drug-likeness (QED) is 0.607. The fraction of sp³-hybridized carbons (Fsp3) is 0.375. The number of ether oxygens (including phenoxy) is 1. The fourth-order valence-electron chi connectivity index (χ4n) is 1.82. The molecule has 0 aliphatic rings. The van der Waals surface area contributed by atoms with E-state index in [0.717, 1.165) is 30.1 Å². The predicted molar refractivity (Wildman–Crippen MR) is 83.3 cm³/mol. The van der Waals surface area contributed by atoms with Crippen LogP contribution >= 0.6 is 11.6 Å². The molecule has 0 aliphatic heterocycles. The molecule has 1 heterocycles. The lowest BCUT2D eigenvalue weighted by atomic mass is 10.2. The van der Waals surface area contributed by atoms with E-state index in [4.69, 9.17) is 16.3 Å². The number of rotatable bonds is 6. The van der Waals surface area contributed by atoms with Crippen LogP contribution in [0.5, 0.6) is 5.75 Å². The van der Waals surface area contributed by atoms with E-state index in [9.17, 15) is 0 Å². The Balaban J connectivity index is 1.98. The Labute approximate surface area is 130 Å². The molecule has 4 nitrogen and oxygen atoms in total. The average molecular weight is 304 g/mol. The SMILES string of the molecule is CCCn1ncnc1COc1cccc(C#CCCCl)c1. The average Bonchev–Trinajstić information content (AvgIpc) is 2.94. The molecule has 0 fully saturated rings. The maximum Gasteiger partial charge on any atom is 0.164 e. The third kappa shape index (κ3) is 4.80. The van der Waals surface area contributed by atoms with Crippen LogP contribution in [-0.2, 0) is 13.2 Å². The molecule has 2 rings (SSSR count). The summed E-state index contributed by atoms with van der Waals surface area (Å²) in [6.45, 7) is 3.36. The molecule has 1 aromatic carbocycles. The highest BCUT2D eigenvalue weighted by Crippen LogP contribution is 2.14. The minimum Gasteiger partial charge on any atom is -0.486 e. The summed E-state index contributed by atoms with van der Waals surface area (Å²) in [5, 5.41) is 4.18. The van der Waals surface area contributed by atoms with Gasteiger partial charge in [-0.25, -0.2) is 9.67 Å². The molecule has 0 N–H and O–H groups in total. The number of nitrogens with zero attached hydrogens (tertiary/aromatic N) is 3. The van der Waals surface area contributed by atoms with E-state index in [2.05, 4.69) is 28.8 Å². The maximum atomic E-state index is 5.77. The summed E-state index contributed by atoms with van der Waals surface area (Å²) in [5.41, 5.74) is 0.924. The van der Waals surface area contributed by atoms with Crippen LogP contribution in [0.4, 0.5) is 0 Å². The third-order valence-corrected chi connectivity index (χ3v) is 2.97. The first-order chi connectivity index (χ1) is 10.3. The first-order valence-corrected chi connectivity index (χ1v) is 7.51. The van der Waals surface area contributed by atoms with E-state index in [0.29, 0.717) is 18.9 Å². The van der Waals surface area contributed by atoms with Crippen LogP contribution in [0.15, 0.2) is 30.6 Å². The highest BCUT2D eigenvalue weighted by molar-refractivity contribution is 6.18. The van der Waals surface area contributed by atoms with Gasteiger partial charge in [-0.15, -0.1) is 11.6 Å². The van der Waals surface area contributed by atoms with Gasteiger partial charge in [0, 0.05) is 24.4 Å². The zero-order chi connectivity index (χ0) is 14.9. The second-order valence-electron chi connectivity index (χ2n) is 4.46. The van der Waals surface area contributed by atoms with E-state index in [1.165, 1.54) is 0 Å². The van der Waals surface area contributed by atoms with Crippen molar-refractivity contribution >= 4 is 11.6 Å². The summed E-state index contributed by atoms with van der Waals surface area (Å²) >= 11 is 5.60. The highest BCUT2D eigenvalue weighted by Gasteiger charge is 2.04. The number of aromatic nitrogens is 3. The largest absolute Gasteiger partial charge is 0.486 e. The van der Waals surface area contributed by atoms with Gasteiger partial charge in [0.05, 0.1) is 0 Å². The number of hydrogen-bond donors (Lipinski definition) is 0. The van der Waals surface area contributed by atoms with Crippen molar-refractivity contribution in [1.82, 2.24) is 14.8 Å². The number of benzene rings is 1. The standard InChI is InChI=1S/C16H18ClN3O/c1-2-10-20-16(18-13-19-20)12-21-15-8-5-7-14(11-15)6-3-4-9-17/h5,7-8,11,13H,2,4,9-10,12H2,1H3. The van der Waals surface area contributed by atoms with Gasteiger partial charge in [0.15, 0.2) is 5.82 Å². The fourth-order valence-corrected chi connectivity index (χ4v) is 1.92. The smallest absolute Gasteiger partial charge is 0.164 e. The number of halogens is 1. The first-order valence-electron chi connectivity index (χ1n) is 6.98. The summed E-state index contributed by atoms with van der Waals surface area (Å²) < 4.78 is 7.63. The molecule has 0 spiro atoms. The normalized spacial score (nSPS) is 10.0. The highest BCUT2D eigenvalue weighted by atomic mass is 35.5. The number of aryl methyl sites for hydroxylation is 1. The van der Waals surface area contributed by atoms with E-state index in [1.54, 1.807) is 6.33 Å². The van der Waals surface area contributed by atoms with Crippen LogP contribution in [0.2, 0.25) is 0 Å². The van der Waals surface area contributed by atoms with Crippen LogP contribution in [0, 0.1) is 11.8 Å². The van der Waals surface area contributed by atoms with E-state index in [-0.39, 0.29) is 0 Å². The molecule has 0 amide bonds. The Kier molecular flexibility index (Phi) is 6.11. The summed E-state index contributed by atoms with van der Waals surface area (Å²) in [4.78, 5) is 4.22. The summed E-state index contributed by atoms with van der Waals surface area (Å²) in [6, 6.07) is 7.71. The summed E-state index contributed by atoms with van der Waals surface area (Å²) in [7, 11) is 0. The molecule has 0 radical (unpaired) electrons. The summed E-state index contributed by atoms with van der Waals surface area (Å²) in [6.07, 6.45) is 3.26. The molecule has 0 atom stereocenters. The van der Waals surface area contributed by atoms with Gasteiger partial charge in [-0.05, 0) is 24.6 Å². The van der Waals surface area contributed by atoms with Crippen LogP contribution in [0.3, 0.4) is 0 Å². The molecule has 0 aliphatic carbocycles. The number of alkyl halides is 1. The van der Waals surface area contributed by atoms with Crippen LogP contribution in [0.25, 0.3) is 0 Å². The number of hydrogen-bond acceptors (Lipinski definition) is 3. The minimum absolute atomic E-state index is 0.401. The second kappa shape index (κ2) is 8.33. The lowest BCUT2D eigenvalue weighted by molar-refractivity contribution is 0.286. The molecule has 5 heteroatoms. The molecule has 21 heavy (non-hydrogen) atoms. The lowest BCUT2D eigenvalue weighted by Crippen LogP contribution is -2.08. The molecule has 2 aromatic rings. The molecule has 0 bridgehead atoms. The van der Waals surface area contributed by atoms with Gasteiger partial charge >= 0.3 is 0 Å². The van der Waals surface area contributed by atoms with Gasteiger partial charge in [0.1, 0.15) is 18.7 Å². The van der Waals surface area contributed by atoms with Crippen molar-refractivity contribution in [3.63, 3.8) is 0 Å². The predicted octanol–water partition coefficient (Wildman–Crippen LogP) is 3.25. The van der Waals surface area contributed by atoms with Crippen molar-refractivity contribution in [3.8, 4) is 17.6 Å². The Morgan fingerprint density at radius 3 is 3.10 bits per heavy atom. The van der Waals surface area contributed by atoms with Crippen LogP contribution in [-0.4, -0.2) is 20.6 Å². The van der Waals surface area contributed by atoms with Crippen LogP contribution in [0.1, 0.15) is 31.2 Å². The Morgan fingerprint density at radius 1 is 1.38 bits per heavy atom. The van der Waals surface area contributed by atoms with Gasteiger partial charge in [0.2, 0.25) is 0 Å². The van der Waals surface area contributed by atoms with Crippen molar-refractivity contribution in [2.24, 2.45) is 0 Å². The van der Waals surface area contributed by atoms with Crippen molar-refractivity contribution in [1.29, 1.82) is 0 Å². The van der Waals surface area contributed by atoms with E-state index < -0.39 is 0 Å². The van der Waals surface area contributed by atoms with Crippen molar-refractivity contribution in [2.75, 3.05) is 5.88 Å². The van der Waals surface area contributed by atoms with Crippen molar-refractivity contribution < 1.29 is 4.74 Å². The Bertz CT molecular complexity index is 628.